The molecule has 1 aromatic heterocycles. The van der Waals surface area contributed by atoms with Crippen molar-refractivity contribution < 1.29 is 37.6 Å². The molecule has 1 saturated heterocycles. The molecule has 1 aromatic rings. The molecule has 1 unspecified atom stereocenters. The molecule has 17 heteroatoms. The Morgan fingerprint density at radius 1 is 1.51 bits per heavy atom. The van der Waals surface area contributed by atoms with Crippen LogP contribution in [0.5, 0.6) is 0 Å². The van der Waals surface area contributed by atoms with Crippen molar-refractivity contribution in [3.8, 4) is 0 Å². The number of nitrogen functional groups attached to an aromatic ring is 1. The third kappa shape index (κ3) is 7.07. The maximum Gasteiger partial charge on any atom is 0.351 e. The first-order valence-corrected chi connectivity index (χ1v) is 11.7. The minimum atomic E-state index is -2.55. The minimum absolute atomic E-state index is 0.116. The molecule has 2 rings (SSSR count). The molecule has 0 amide bonds. The first kappa shape index (κ1) is 28.4. The van der Waals surface area contributed by atoms with Gasteiger partial charge < -0.3 is 29.4 Å². The molecule has 15 nitrogen and oxygen atoms in total. The number of nitrogens with one attached hydrogen (secondary N) is 1. The van der Waals surface area contributed by atoms with Gasteiger partial charge in [0.1, 0.15) is 11.9 Å². The van der Waals surface area contributed by atoms with Gasteiger partial charge in [-0.15, -0.1) is 0 Å². The molecule has 0 aromatic carbocycles. The average Bonchev–Trinajstić information content (AvgIpc) is 3.03. The van der Waals surface area contributed by atoms with Crippen LogP contribution in [-0.4, -0.2) is 63.1 Å². The van der Waals surface area contributed by atoms with E-state index in [1.54, 1.807) is 13.8 Å². The normalized spacial score (nSPS) is 25.5. The Hall–Kier alpha value is -2.87. The molecule has 1 fully saturated rings. The summed E-state index contributed by atoms with van der Waals surface area (Å²) in [4.78, 5) is 52.5. The van der Waals surface area contributed by atoms with Crippen LogP contribution in [0, 0.1) is 0 Å². The Bertz CT molecular complexity index is 1020. The van der Waals surface area contributed by atoms with Gasteiger partial charge in [-0.3, -0.25) is 14.2 Å². The summed E-state index contributed by atoms with van der Waals surface area (Å²) in [6.45, 7) is 5.30. The van der Waals surface area contributed by atoms with Gasteiger partial charge in [-0.05, 0) is 32.4 Å². The number of nitrogens with two attached hydrogens (primary N) is 1. The fourth-order valence-corrected chi connectivity index (χ4v) is 3.79. The molecule has 0 saturated carbocycles. The standard InChI is InChI=1S/C18H27FN7O8P/c1-5-12(27)33-13-14(19)18(24-25-21,34-15(13)26-7-6-11(20)22-17(26)29)8-31-35(30)23-10(4)16(28)32-9(2)3/h6-7,9-10,13-15,23,30H,5,8H2,1-4H3,(H2,20,22,29)/t10-,13+,14-,15+,18+,35?/m0/s1. The topological polar surface area (TPSA) is 213 Å². The second-order valence-corrected chi connectivity index (χ2v) is 8.74. The van der Waals surface area contributed by atoms with Crippen molar-refractivity contribution in [2.45, 2.75) is 70.5 Å². The second kappa shape index (κ2) is 12.2. The van der Waals surface area contributed by atoms with Crippen molar-refractivity contribution in [1.29, 1.82) is 0 Å². The molecule has 0 spiro atoms. The number of azide groups is 1. The summed E-state index contributed by atoms with van der Waals surface area (Å²) < 4.78 is 37.4. The van der Waals surface area contributed by atoms with Crippen molar-refractivity contribution in [3.05, 3.63) is 33.2 Å². The Balaban J connectivity index is 2.29. The summed E-state index contributed by atoms with van der Waals surface area (Å²) in [5.41, 5.74) is 11.1. The number of alkyl halides is 1. The average molecular weight is 519 g/mol. The molecule has 2 heterocycles. The minimum Gasteiger partial charge on any atom is -0.462 e. The Labute approximate surface area is 200 Å². The summed E-state index contributed by atoms with van der Waals surface area (Å²) >= 11 is 0. The fraction of sp³-hybridized carbons (Fsp3) is 0.667. The van der Waals surface area contributed by atoms with E-state index < -0.39 is 69.1 Å². The number of rotatable bonds is 11. The number of hydrogen-bond acceptors (Lipinski definition) is 12. The van der Waals surface area contributed by atoms with Crippen molar-refractivity contribution in [2.75, 3.05) is 12.3 Å². The van der Waals surface area contributed by atoms with Gasteiger partial charge in [-0.2, -0.15) is 4.98 Å². The van der Waals surface area contributed by atoms with Crippen molar-refractivity contribution in [1.82, 2.24) is 14.6 Å². The number of esters is 2. The van der Waals surface area contributed by atoms with E-state index in [9.17, 15) is 19.3 Å². The van der Waals surface area contributed by atoms with Crippen LogP contribution in [-0.2, 0) is 28.3 Å². The van der Waals surface area contributed by atoms with Gasteiger partial charge in [0.25, 0.3) is 8.53 Å². The van der Waals surface area contributed by atoms with Crippen LogP contribution >= 0.6 is 8.53 Å². The second-order valence-electron chi connectivity index (χ2n) is 7.68. The Morgan fingerprint density at radius 2 is 2.20 bits per heavy atom. The van der Waals surface area contributed by atoms with Gasteiger partial charge in [0.2, 0.25) is 5.72 Å². The van der Waals surface area contributed by atoms with Crippen LogP contribution in [0.2, 0.25) is 0 Å². The quantitative estimate of drug-likeness (QED) is 0.124. The van der Waals surface area contributed by atoms with Crippen LogP contribution < -0.4 is 16.5 Å². The molecule has 0 radical (unpaired) electrons. The first-order valence-electron chi connectivity index (χ1n) is 10.4. The van der Waals surface area contributed by atoms with Gasteiger partial charge in [0, 0.05) is 17.5 Å². The summed E-state index contributed by atoms with van der Waals surface area (Å²) in [5.74, 6) is -1.60. The van der Waals surface area contributed by atoms with Gasteiger partial charge in [-0.1, -0.05) is 12.0 Å². The predicted molar refractivity (Wildman–Crippen MR) is 119 cm³/mol. The van der Waals surface area contributed by atoms with Crippen LogP contribution in [0.25, 0.3) is 10.4 Å². The maximum absolute atomic E-state index is 15.6. The summed E-state index contributed by atoms with van der Waals surface area (Å²) in [6.07, 6.45) is -5.03. The third-order valence-electron chi connectivity index (χ3n) is 4.62. The Morgan fingerprint density at radius 3 is 2.77 bits per heavy atom. The molecule has 4 N–H and O–H groups in total. The van der Waals surface area contributed by atoms with Crippen molar-refractivity contribution >= 4 is 26.3 Å². The lowest BCUT2D eigenvalue weighted by atomic mass is 10.1. The van der Waals surface area contributed by atoms with E-state index in [-0.39, 0.29) is 12.2 Å². The Kier molecular flexibility index (Phi) is 9.89. The molecule has 1 aliphatic rings. The lowest BCUT2D eigenvalue weighted by molar-refractivity contribution is -0.157. The van der Waals surface area contributed by atoms with E-state index in [1.807, 2.05) is 0 Å². The third-order valence-corrected chi connectivity index (χ3v) is 5.61. The highest BCUT2D eigenvalue weighted by molar-refractivity contribution is 7.43. The van der Waals surface area contributed by atoms with Crippen LogP contribution in [0.3, 0.4) is 0 Å². The first-order chi connectivity index (χ1) is 16.4. The lowest BCUT2D eigenvalue weighted by Crippen LogP contribution is -2.44. The smallest absolute Gasteiger partial charge is 0.351 e. The zero-order valence-corrected chi connectivity index (χ0v) is 20.3. The monoisotopic (exact) mass is 519 g/mol. The van der Waals surface area contributed by atoms with Gasteiger partial charge in [0.15, 0.2) is 18.5 Å². The van der Waals surface area contributed by atoms with Gasteiger partial charge in [0.05, 0.1) is 12.7 Å². The maximum atomic E-state index is 15.6. The number of ether oxygens (including phenoxy) is 3. The molecule has 194 valence electrons. The fourth-order valence-electron chi connectivity index (χ4n) is 2.97. The van der Waals surface area contributed by atoms with E-state index in [2.05, 4.69) is 20.1 Å². The summed E-state index contributed by atoms with van der Waals surface area (Å²) in [7, 11) is -2.55. The van der Waals surface area contributed by atoms with Crippen LogP contribution in [0.15, 0.2) is 22.2 Å². The van der Waals surface area contributed by atoms with Crippen molar-refractivity contribution in [3.63, 3.8) is 0 Å². The number of halogens is 1. The van der Waals surface area contributed by atoms with Gasteiger partial charge in [-0.25, -0.2) is 14.3 Å². The highest BCUT2D eigenvalue weighted by Crippen LogP contribution is 2.44. The summed E-state index contributed by atoms with van der Waals surface area (Å²) in [6, 6.07) is 0.245. The number of aromatic nitrogens is 2. The molecular formula is C18H27FN7O8P. The number of nitrogens with zero attached hydrogens (tertiary/aromatic N) is 5. The molecular weight excluding hydrogens is 492 g/mol. The molecule has 0 aliphatic carbocycles. The number of carbonyl (C=O) groups excluding carboxylic acids is 2. The zero-order valence-electron chi connectivity index (χ0n) is 19.4. The van der Waals surface area contributed by atoms with E-state index in [1.165, 1.54) is 19.9 Å². The highest BCUT2D eigenvalue weighted by atomic mass is 31.2. The van der Waals surface area contributed by atoms with E-state index >= 15 is 4.39 Å². The summed E-state index contributed by atoms with van der Waals surface area (Å²) in [5, 5.41) is 5.79. The molecule has 6 atom stereocenters. The number of anilines is 1. The number of hydrogen-bond donors (Lipinski definition) is 3. The zero-order chi connectivity index (χ0) is 26.3. The van der Waals surface area contributed by atoms with Crippen LogP contribution in [0.4, 0.5) is 10.2 Å². The van der Waals surface area contributed by atoms with E-state index in [4.69, 9.17) is 30.0 Å². The van der Waals surface area contributed by atoms with E-state index in [0.29, 0.717) is 0 Å². The molecule has 1 aliphatic heterocycles. The van der Waals surface area contributed by atoms with Crippen LogP contribution in [0.1, 0.15) is 40.3 Å². The SMILES string of the molecule is CCC(=O)O[C@H]1[C@H](n2ccc(N)nc2=O)O[C@@](COP(O)N[C@@H](C)C(=O)OC(C)C)(N=[N+]=[N-])[C@H]1F. The molecule has 0 bridgehead atoms. The van der Waals surface area contributed by atoms with Gasteiger partial charge >= 0.3 is 17.6 Å². The number of carbonyl (C=O) groups is 2. The highest BCUT2D eigenvalue weighted by Gasteiger charge is 2.59. The molecule has 35 heavy (non-hydrogen) atoms. The van der Waals surface area contributed by atoms with E-state index in [0.717, 1.165) is 10.8 Å². The predicted octanol–water partition coefficient (Wildman–Crippen LogP) is 1.19. The largest absolute Gasteiger partial charge is 0.462 e. The lowest BCUT2D eigenvalue weighted by Gasteiger charge is -2.27. The van der Waals surface area contributed by atoms with Crippen molar-refractivity contribution in [2.24, 2.45) is 5.11 Å².